The molecule has 0 aromatic heterocycles. The van der Waals surface area contributed by atoms with Gasteiger partial charge in [0.25, 0.3) is 0 Å². The molecule has 0 aliphatic carbocycles. The van der Waals surface area contributed by atoms with Crippen molar-refractivity contribution in [1.82, 2.24) is 4.90 Å². The van der Waals surface area contributed by atoms with E-state index < -0.39 is 0 Å². The molecular weight excluding hydrogens is 373 g/mol. The molecule has 0 radical (unpaired) electrons. The number of piperazine rings is 1. The quantitative estimate of drug-likeness (QED) is 0.780. The minimum absolute atomic E-state index is 0.00256. The second kappa shape index (κ2) is 7.98. The average molecular weight is 392 g/mol. The number of benzene rings is 2. The number of carbonyl (C=O) groups is 2. The SMILES string of the molecule is CC(=O)c1ccc(NC(=O)N2CCN(c3c(Cl)cccc3Cl)CC2)cc1. The predicted octanol–water partition coefficient (Wildman–Crippen LogP) is 4.55. The number of amides is 2. The van der Waals surface area contributed by atoms with Crippen LogP contribution in [0.25, 0.3) is 0 Å². The van der Waals surface area contributed by atoms with Crippen molar-refractivity contribution in [3.05, 3.63) is 58.1 Å². The molecule has 3 rings (SSSR count). The van der Waals surface area contributed by atoms with Gasteiger partial charge in [-0.05, 0) is 43.3 Å². The number of para-hydroxylation sites is 1. The van der Waals surface area contributed by atoms with Crippen molar-refractivity contribution in [2.24, 2.45) is 0 Å². The van der Waals surface area contributed by atoms with Crippen molar-refractivity contribution in [2.75, 3.05) is 36.4 Å². The lowest BCUT2D eigenvalue weighted by Gasteiger charge is -2.36. The van der Waals surface area contributed by atoms with E-state index in [2.05, 4.69) is 10.2 Å². The van der Waals surface area contributed by atoms with Crippen LogP contribution in [0.3, 0.4) is 0 Å². The topological polar surface area (TPSA) is 52.7 Å². The molecule has 2 aromatic carbocycles. The largest absolute Gasteiger partial charge is 0.366 e. The Morgan fingerprint density at radius 1 is 0.923 bits per heavy atom. The van der Waals surface area contributed by atoms with E-state index in [-0.39, 0.29) is 11.8 Å². The maximum atomic E-state index is 12.4. The highest BCUT2D eigenvalue weighted by Crippen LogP contribution is 2.34. The zero-order valence-corrected chi connectivity index (χ0v) is 15.8. The number of nitrogens with one attached hydrogen (secondary N) is 1. The van der Waals surface area contributed by atoms with Gasteiger partial charge < -0.3 is 15.1 Å². The number of nitrogens with zero attached hydrogens (tertiary/aromatic N) is 2. The maximum absolute atomic E-state index is 12.4. The molecule has 1 fully saturated rings. The van der Waals surface area contributed by atoms with Crippen LogP contribution in [-0.2, 0) is 0 Å². The van der Waals surface area contributed by atoms with Gasteiger partial charge in [0.1, 0.15) is 0 Å². The molecule has 136 valence electrons. The van der Waals surface area contributed by atoms with Crippen LogP contribution in [0.1, 0.15) is 17.3 Å². The molecule has 0 unspecified atom stereocenters. The highest BCUT2D eigenvalue weighted by Gasteiger charge is 2.23. The molecule has 1 aliphatic rings. The number of rotatable bonds is 3. The molecular formula is C19H19Cl2N3O2. The lowest BCUT2D eigenvalue weighted by molar-refractivity contribution is 0.101. The van der Waals surface area contributed by atoms with Crippen molar-refractivity contribution in [2.45, 2.75) is 6.92 Å². The van der Waals surface area contributed by atoms with Crippen LogP contribution in [0.4, 0.5) is 16.2 Å². The zero-order valence-electron chi connectivity index (χ0n) is 14.3. The van der Waals surface area contributed by atoms with Gasteiger partial charge in [-0.2, -0.15) is 0 Å². The molecule has 2 aromatic rings. The number of anilines is 2. The molecule has 1 aliphatic heterocycles. The van der Waals surface area contributed by atoms with E-state index in [4.69, 9.17) is 23.2 Å². The molecule has 26 heavy (non-hydrogen) atoms. The normalized spacial score (nSPS) is 14.3. The number of urea groups is 1. The van der Waals surface area contributed by atoms with Crippen LogP contribution >= 0.6 is 23.2 Å². The number of carbonyl (C=O) groups excluding carboxylic acids is 2. The highest BCUT2D eigenvalue weighted by molar-refractivity contribution is 6.39. The summed E-state index contributed by atoms with van der Waals surface area (Å²) >= 11 is 12.5. The lowest BCUT2D eigenvalue weighted by Crippen LogP contribution is -2.50. The van der Waals surface area contributed by atoms with Gasteiger partial charge in [-0.3, -0.25) is 4.79 Å². The molecule has 0 saturated carbocycles. The van der Waals surface area contributed by atoms with Crippen LogP contribution in [0.5, 0.6) is 0 Å². The van der Waals surface area contributed by atoms with Crippen LogP contribution in [0, 0.1) is 0 Å². The Kier molecular flexibility index (Phi) is 5.69. The summed E-state index contributed by atoms with van der Waals surface area (Å²) < 4.78 is 0. The summed E-state index contributed by atoms with van der Waals surface area (Å²) in [5.41, 5.74) is 2.10. The van der Waals surface area contributed by atoms with E-state index in [0.29, 0.717) is 47.5 Å². The van der Waals surface area contributed by atoms with E-state index in [0.717, 1.165) is 5.69 Å². The van der Waals surface area contributed by atoms with E-state index >= 15 is 0 Å². The maximum Gasteiger partial charge on any atom is 0.321 e. The summed E-state index contributed by atoms with van der Waals surface area (Å²) in [6.45, 7) is 3.95. The summed E-state index contributed by atoms with van der Waals surface area (Å²) in [6, 6.07) is 12.1. The van der Waals surface area contributed by atoms with Crippen LogP contribution in [0.15, 0.2) is 42.5 Å². The summed E-state index contributed by atoms with van der Waals surface area (Å²) in [4.78, 5) is 27.6. The van der Waals surface area contributed by atoms with Gasteiger partial charge in [0, 0.05) is 37.4 Å². The van der Waals surface area contributed by atoms with Crippen LogP contribution in [-0.4, -0.2) is 42.9 Å². The standard InChI is InChI=1S/C19H19Cl2N3O2/c1-13(25)14-5-7-15(8-6-14)22-19(26)24-11-9-23(10-12-24)18-16(20)3-2-4-17(18)21/h2-8H,9-12H2,1H3,(H,22,26). The van der Waals surface area contributed by atoms with Crippen molar-refractivity contribution in [3.8, 4) is 0 Å². The Balaban J connectivity index is 1.59. The smallest absolute Gasteiger partial charge is 0.321 e. The number of Topliss-reactive ketones (excluding diaryl/α,β-unsaturated/α-hetero) is 1. The fraction of sp³-hybridized carbons (Fsp3) is 0.263. The third-order valence-corrected chi connectivity index (χ3v) is 4.97. The van der Waals surface area contributed by atoms with Crippen molar-refractivity contribution >= 4 is 46.4 Å². The summed E-state index contributed by atoms with van der Waals surface area (Å²) in [5.74, 6) is -0.00256. The van der Waals surface area contributed by atoms with Gasteiger partial charge in [-0.15, -0.1) is 0 Å². The van der Waals surface area contributed by atoms with Crippen LogP contribution < -0.4 is 10.2 Å². The first-order chi connectivity index (χ1) is 12.5. The fourth-order valence-corrected chi connectivity index (χ4v) is 3.55. The Hall–Kier alpha value is -2.24. The van der Waals surface area contributed by atoms with Crippen LogP contribution in [0.2, 0.25) is 10.0 Å². The Morgan fingerprint density at radius 2 is 1.50 bits per heavy atom. The summed E-state index contributed by atoms with van der Waals surface area (Å²) in [6.07, 6.45) is 0. The highest BCUT2D eigenvalue weighted by atomic mass is 35.5. The van der Waals surface area contributed by atoms with E-state index in [1.165, 1.54) is 6.92 Å². The number of hydrogen-bond acceptors (Lipinski definition) is 3. The summed E-state index contributed by atoms with van der Waals surface area (Å²) in [7, 11) is 0. The molecule has 5 nitrogen and oxygen atoms in total. The first-order valence-corrected chi connectivity index (χ1v) is 9.07. The van der Waals surface area contributed by atoms with Gasteiger partial charge in [-0.25, -0.2) is 4.79 Å². The van der Waals surface area contributed by atoms with E-state index in [9.17, 15) is 9.59 Å². The lowest BCUT2D eigenvalue weighted by atomic mass is 10.1. The predicted molar refractivity (Wildman–Crippen MR) is 106 cm³/mol. The molecule has 1 heterocycles. The second-order valence-electron chi connectivity index (χ2n) is 6.11. The van der Waals surface area contributed by atoms with Gasteiger partial charge >= 0.3 is 6.03 Å². The molecule has 0 spiro atoms. The number of ketones is 1. The van der Waals surface area contributed by atoms with Gasteiger partial charge in [0.2, 0.25) is 0 Å². The minimum atomic E-state index is -0.162. The molecule has 0 bridgehead atoms. The molecule has 7 heteroatoms. The van der Waals surface area contributed by atoms with E-state index in [1.807, 2.05) is 18.2 Å². The Bertz CT molecular complexity index is 796. The molecule has 1 saturated heterocycles. The molecule has 2 amide bonds. The molecule has 1 N–H and O–H groups in total. The fourth-order valence-electron chi connectivity index (χ4n) is 2.92. The van der Waals surface area contributed by atoms with Crippen molar-refractivity contribution < 1.29 is 9.59 Å². The van der Waals surface area contributed by atoms with Gasteiger partial charge in [-0.1, -0.05) is 29.3 Å². The average Bonchev–Trinajstić information content (AvgIpc) is 2.62. The third kappa shape index (κ3) is 4.11. The summed E-state index contributed by atoms with van der Waals surface area (Å²) in [5, 5.41) is 4.08. The number of halogens is 2. The first kappa shape index (κ1) is 18.5. The van der Waals surface area contributed by atoms with Gasteiger partial charge in [0.15, 0.2) is 5.78 Å². The minimum Gasteiger partial charge on any atom is -0.366 e. The zero-order chi connectivity index (χ0) is 18.7. The number of hydrogen-bond donors (Lipinski definition) is 1. The monoisotopic (exact) mass is 391 g/mol. The third-order valence-electron chi connectivity index (χ3n) is 4.36. The first-order valence-electron chi connectivity index (χ1n) is 8.31. The Morgan fingerprint density at radius 3 is 2.04 bits per heavy atom. The van der Waals surface area contributed by atoms with Crippen molar-refractivity contribution in [1.29, 1.82) is 0 Å². The second-order valence-corrected chi connectivity index (χ2v) is 6.92. The van der Waals surface area contributed by atoms with Gasteiger partial charge in [0.05, 0.1) is 15.7 Å². The van der Waals surface area contributed by atoms with Crippen molar-refractivity contribution in [3.63, 3.8) is 0 Å². The Labute approximate surface area is 162 Å². The molecule has 0 atom stereocenters. The van der Waals surface area contributed by atoms with E-state index in [1.54, 1.807) is 29.2 Å².